The van der Waals surface area contributed by atoms with E-state index in [0.29, 0.717) is 12.7 Å². The fraction of sp³-hybridized carbons (Fsp3) is 0.0769. The molecule has 0 aromatic rings. The molecule has 3 nitrogen and oxygen atoms in total. The molecule has 0 radical (unpaired) electrons. The van der Waals surface area contributed by atoms with E-state index in [2.05, 4.69) is 6.58 Å². The Balaban J connectivity index is 2.94. The zero-order valence-corrected chi connectivity index (χ0v) is 8.72. The van der Waals surface area contributed by atoms with E-state index >= 15 is 0 Å². The molecule has 0 heterocycles. The van der Waals surface area contributed by atoms with Crippen LogP contribution in [0.5, 0.6) is 0 Å². The monoisotopic (exact) mass is 216 g/mol. The van der Waals surface area contributed by atoms with Crippen molar-refractivity contribution >= 4 is 12.3 Å². The number of rotatable bonds is 4. The summed E-state index contributed by atoms with van der Waals surface area (Å²) in [6, 6.07) is 0. The predicted molar refractivity (Wildman–Crippen MR) is 61.9 cm³/mol. The van der Waals surface area contributed by atoms with Crippen LogP contribution in [0.1, 0.15) is 6.42 Å². The zero-order chi connectivity index (χ0) is 12.0. The minimum atomic E-state index is -1.07. The Morgan fingerprint density at radius 1 is 1.44 bits per heavy atom. The zero-order valence-electron chi connectivity index (χ0n) is 8.72. The van der Waals surface area contributed by atoms with Crippen molar-refractivity contribution in [2.75, 3.05) is 0 Å². The maximum atomic E-state index is 10.8. The largest absolute Gasteiger partial charge is 0.478 e. The van der Waals surface area contributed by atoms with Gasteiger partial charge in [-0.2, -0.15) is 0 Å². The van der Waals surface area contributed by atoms with Crippen molar-refractivity contribution in [3.8, 4) is 0 Å². The number of carboxylic acids is 1. The molecule has 0 bridgehead atoms. The number of hydrogen-bond donors (Lipinski definition) is 1. The molecule has 1 N–H and O–H groups in total. The lowest BCUT2D eigenvalue weighted by atomic mass is 9.95. The Morgan fingerprint density at radius 3 is 2.75 bits per heavy atom. The molecule has 0 fully saturated rings. The lowest BCUT2D eigenvalue weighted by Gasteiger charge is -2.09. The fourth-order valence-electron chi connectivity index (χ4n) is 1.36. The van der Waals surface area contributed by atoms with Crippen LogP contribution in [0.2, 0.25) is 0 Å². The fourth-order valence-corrected chi connectivity index (χ4v) is 1.36. The van der Waals surface area contributed by atoms with Crippen molar-refractivity contribution in [1.29, 1.82) is 0 Å². The van der Waals surface area contributed by atoms with Crippen molar-refractivity contribution in [2.24, 2.45) is 0 Å². The van der Waals surface area contributed by atoms with Gasteiger partial charge in [0, 0.05) is 5.57 Å². The molecule has 0 spiro atoms. The van der Waals surface area contributed by atoms with Crippen LogP contribution in [0, 0.1) is 0 Å². The Hall–Kier alpha value is -2.16. The number of carboxylic acid groups (broad SMARTS) is 1. The van der Waals surface area contributed by atoms with E-state index in [4.69, 9.17) is 5.11 Å². The minimum Gasteiger partial charge on any atom is -0.478 e. The van der Waals surface area contributed by atoms with Gasteiger partial charge < -0.3 is 5.11 Å². The third-order valence-corrected chi connectivity index (χ3v) is 2.11. The average Bonchev–Trinajstić information content (AvgIpc) is 2.29. The Kier molecular flexibility index (Phi) is 4.21. The molecule has 16 heavy (non-hydrogen) atoms. The third-order valence-electron chi connectivity index (χ3n) is 2.11. The quantitative estimate of drug-likeness (QED) is 0.579. The van der Waals surface area contributed by atoms with Gasteiger partial charge in [0.15, 0.2) is 6.29 Å². The summed E-state index contributed by atoms with van der Waals surface area (Å²) < 4.78 is 0. The van der Waals surface area contributed by atoms with E-state index in [1.165, 1.54) is 0 Å². The van der Waals surface area contributed by atoms with Gasteiger partial charge in [-0.15, -0.1) is 0 Å². The van der Waals surface area contributed by atoms with Crippen molar-refractivity contribution in [3.05, 3.63) is 59.8 Å². The Morgan fingerprint density at radius 2 is 2.19 bits per heavy atom. The highest BCUT2D eigenvalue weighted by Gasteiger charge is 2.16. The number of hydrogen-bond acceptors (Lipinski definition) is 2. The molecule has 0 atom stereocenters. The lowest BCUT2D eigenvalue weighted by molar-refractivity contribution is -0.132. The van der Waals surface area contributed by atoms with Gasteiger partial charge in [-0.3, -0.25) is 4.79 Å². The van der Waals surface area contributed by atoms with Gasteiger partial charge in [0.1, 0.15) is 0 Å². The number of aldehydes is 1. The Labute approximate surface area is 93.8 Å². The first kappa shape index (κ1) is 11.9. The van der Waals surface area contributed by atoms with Crippen molar-refractivity contribution in [1.82, 2.24) is 0 Å². The smallest absolute Gasteiger partial charge is 0.336 e. The number of carbonyl (C=O) groups is 2. The molecule has 0 aliphatic heterocycles. The van der Waals surface area contributed by atoms with E-state index in [1.54, 1.807) is 30.4 Å². The highest BCUT2D eigenvalue weighted by molar-refractivity contribution is 6.01. The summed E-state index contributed by atoms with van der Waals surface area (Å²) in [5.41, 5.74) is 1.17. The van der Waals surface area contributed by atoms with Crippen LogP contribution in [-0.2, 0) is 9.59 Å². The molecule has 1 rings (SSSR count). The summed E-state index contributed by atoms with van der Waals surface area (Å²) in [7, 11) is 0. The van der Waals surface area contributed by atoms with Crippen molar-refractivity contribution in [3.63, 3.8) is 0 Å². The summed E-state index contributed by atoms with van der Waals surface area (Å²) >= 11 is 0. The van der Waals surface area contributed by atoms with Crippen molar-refractivity contribution in [2.45, 2.75) is 6.42 Å². The maximum absolute atomic E-state index is 10.8. The second-order valence-electron chi connectivity index (χ2n) is 3.21. The van der Waals surface area contributed by atoms with Gasteiger partial charge in [0.25, 0.3) is 0 Å². The van der Waals surface area contributed by atoms with Crippen LogP contribution in [0.15, 0.2) is 59.8 Å². The molecular formula is C13H12O3. The highest BCUT2D eigenvalue weighted by atomic mass is 16.4. The number of aliphatic carboxylic acids is 1. The molecule has 0 saturated carbocycles. The van der Waals surface area contributed by atoms with Crippen LogP contribution in [0.25, 0.3) is 0 Å². The first-order chi connectivity index (χ1) is 7.69. The van der Waals surface area contributed by atoms with Gasteiger partial charge in [-0.05, 0) is 18.1 Å². The standard InChI is InChI=1S/C13H12O3/c1-2-3-4-5-10-6-7-12(13(15)16)11(8-10)9-14/h2-5,7-9H,1,6H2,(H,15,16)/b4-3-,10-5+. The van der Waals surface area contributed by atoms with Crippen LogP contribution in [0.4, 0.5) is 0 Å². The van der Waals surface area contributed by atoms with E-state index < -0.39 is 5.97 Å². The summed E-state index contributed by atoms with van der Waals surface area (Å²) in [5.74, 6) is -1.07. The van der Waals surface area contributed by atoms with E-state index in [-0.39, 0.29) is 11.1 Å². The summed E-state index contributed by atoms with van der Waals surface area (Å²) in [5, 5.41) is 8.83. The van der Waals surface area contributed by atoms with Gasteiger partial charge in [0.2, 0.25) is 0 Å². The number of carbonyl (C=O) groups excluding carboxylic acids is 1. The molecular weight excluding hydrogens is 204 g/mol. The van der Waals surface area contributed by atoms with Gasteiger partial charge >= 0.3 is 5.97 Å². The SMILES string of the molecule is C=C/C=C\C=C1\C=C(C=O)C(C(=O)O)=CC1. The number of allylic oxidation sites excluding steroid dienone is 7. The first-order valence-corrected chi connectivity index (χ1v) is 4.78. The molecule has 0 aromatic heterocycles. The molecule has 82 valence electrons. The van der Waals surface area contributed by atoms with E-state index in [9.17, 15) is 9.59 Å². The minimum absolute atomic E-state index is 0.0693. The van der Waals surface area contributed by atoms with Crippen LogP contribution in [0.3, 0.4) is 0 Å². The third kappa shape index (κ3) is 2.92. The van der Waals surface area contributed by atoms with Crippen molar-refractivity contribution < 1.29 is 14.7 Å². The maximum Gasteiger partial charge on any atom is 0.336 e. The topological polar surface area (TPSA) is 54.4 Å². The normalized spacial score (nSPS) is 18.1. The summed E-state index contributed by atoms with van der Waals surface area (Å²) in [6.07, 6.45) is 11.2. The van der Waals surface area contributed by atoms with Gasteiger partial charge in [-0.1, -0.05) is 37.0 Å². The lowest BCUT2D eigenvalue weighted by Crippen LogP contribution is -2.08. The summed E-state index contributed by atoms with van der Waals surface area (Å²) in [4.78, 5) is 21.5. The Bertz CT molecular complexity index is 434. The van der Waals surface area contributed by atoms with Crippen LogP contribution in [-0.4, -0.2) is 17.4 Å². The second-order valence-corrected chi connectivity index (χ2v) is 3.21. The van der Waals surface area contributed by atoms with E-state index in [1.807, 2.05) is 6.08 Å². The molecule has 0 unspecified atom stereocenters. The van der Waals surface area contributed by atoms with Crippen LogP contribution >= 0.6 is 0 Å². The second kappa shape index (κ2) is 5.66. The predicted octanol–water partition coefficient (Wildman–Crippen LogP) is 2.20. The molecule has 0 aromatic carbocycles. The first-order valence-electron chi connectivity index (χ1n) is 4.78. The highest BCUT2D eigenvalue weighted by Crippen LogP contribution is 2.21. The van der Waals surface area contributed by atoms with Gasteiger partial charge in [0.05, 0.1) is 5.57 Å². The molecule has 1 aliphatic rings. The van der Waals surface area contributed by atoms with E-state index in [0.717, 1.165) is 5.57 Å². The molecule has 3 heteroatoms. The molecule has 1 aliphatic carbocycles. The van der Waals surface area contributed by atoms with Gasteiger partial charge in [-0.25, -0.2) is 4.79 Å². The molecule has 0 amide bonds. The average molecular weight is 216 g/mol. The van der Waals surface area contributed by atoms with Crippen LogP contribution < -0.4 is 0 Å². The molecule has 0 saturated heterocycles. The summed E-state index contributed by atoms with van der Waals surface area (Å²) in [6.45, 7) is 3.53.